The van der Waals surface area contributed by atoms with Gasteiger partial charge in [-0.15, -0.1) is 11.3 Å². The van der Waals surface area contributed by atoms with Gasteiger partial charge in [-0.2, -0.15) is 0 Å². The zero-order chi connectivity index (χ0) is 28.2. The molecular formula is C37H27NO2S. The van der Waals surface area contributed by atoms with E-state index in [-0.39, 0.29) is 17.1 Å². The summed E-state index contributed by atoms with van der Waals surface area (Å²) in [4.78, 5) is 29.9. The highest BCUT2D eigenvalue weighted by Gasteiger charge is 2.33. The van der Waals surface area contributed by atoms with Gasteiger partial charge in [-0.25, -0.2) is 0 Å². The lowest BCUT2D eigenvalue weighted by molar-refractivity contribution is 0.0990. The second-order valence-corrected chi connectivity index (χ2v) is 11.9. The molecule has 0 radical (unpaired) electrons. The van der Waals surface area contributed by atoms with Crippen molar-refractivity contribution < 1.29 is 9.59 Å². The maximum Gasteiger partial charge on any atom is 0.197 e. The van der Waals surface area contributed by atoms with Gasteiger partial charge in [0.25, 0.3) is 0 Å². The van der Waals surface area contributed by atoms with Crippen LogP contribution in [0.1, 0.15) is 42.3 Å². The van der Waals surface area contributed by atoms with Gasteiger partial charge in [0.2, 0.25) is 0 Å². The van der Waals surface area contributed by atoms with Crippen LogP contribution in [0.5, 0.6) is 0 Å². The maximum absolute atomic E-state index is 13.4. The molecule has 4 heteroatoms. The highest BCUT2D eigenvalue weighted by atomic mass is 32.1. The molecule has 0 atom stereocenters. The summed E-state index contributed by atoms with van der Waals surface area (Å²) in [5, 5.41) is 5.31. The standard InChI is InChI=1S/C37H27NO2S/c1-22-16-23(2)18-27(17-22)38(34-14-12-24(3)29-10-6-7-11-30(29)34)35-15-13-28(41-35)21-33-36(39)31-19-25-8-4-5-9-26(25)20-32(31)37(33)40/h4-21H,1-3H3. The van der Waals surface area contributed by atoms with Gasteiger partial charge in [-0.05, 0) is 102 Å². The molecule has 0 saturated carbocycles. The third-order valence-corrected chi connectivity index (χ3v) is 8.83. The Hall–Kier alpha value is -4.80. The number of carbonyl (C=O) groups excluding carboxylic acids is 2. The van der Waals surface area contributed by atoms with Crippen LogP contribution in [0.3, 0.4) is 0 Å². The number of carbonyl (C=O) groups is 2. The minimum absolute atomic E-state index is 0.207. The van der Waals surface area contributed by atoms with Gasteiger partial charge < -0.3 is 4.90 Å². The molecule has 1 aromatic heterocycles. The van der Waals surface area contributed by atoms with Crippen LogP contribution < -0.4 is 4.90 Å². The van der Waals surface area contributed by atoms with E-state index in [0.29, 0.717) is 11.1 Å². The summed E-state index contributed by atoms with van der Waals surface area (Å²) in [6.07, 6.45) is 1.76. The van der Waals surface area contributed by atoms with Crippen molar-refractivity contribution in [3.8, 4) is 0 Å². The first kappa shape index (κ1) is 25.2. The summed E-state index contributed by atoms with van der Waals surface area (Å²) in [6, 6.07) is 35.0. The Morgan fingerprint density at radius 3 is 1.90 bits per heavy atom. The van der Waals surface area contributed by atoms with Gasteiger partial charge in [-0.3, -0.25) is 9.59 Å². The molecule has 3 nitrogen and oxygen atoms in total. The second kappa shape index (κ2) is 9.69. The summed E-state index contributed by atoms with van der Waals surface area (Å²) in [5.41, 5.74) is 6.96. The fraction of sp³-hybridized carbons (Fsp3) is 0.0811. The van der Waals surface area contributed by atoms with E-state index < -0.39 is 0 Å². The third kappa shape index (κ3) is 4.28. The Kier molecular flexibility index (Phi) is 5.95. The molecule has 0 fully saturated rings. The number of Topliss-reactive ketones (excluding diaryl/α,β-unsaturated/α-hetero) is 2. The van der Waals surface area contributed by atoms with Gasteiger partial charge in [0.05, 0.1) is 11.3 Å². The molecule has 7 rings (SSSR count). The number of rotatable bonds is 4. The monoisotopic (exact) mass is 549 g/mol. The first-order chi connectivity index (χ1) is 19.9. The molecule has 0 amide bonds. The summed E-state index contributed by atoms with van der Waals surface area (Å²) in [6.45, 7) is 6.37. The highest BCUT2D eigenvalue weighted by Crippen LogP contribution is 2.44. The predicted octanol–water partition coefficient (Wildman–Crippen LogP) is 9.91. The van der Waals surface area contributed by atoms with Crippen LogP contribution in [-0.2, 0) is 0 Å². The molecule has 0 unspecified atom stereocenters. The van der Waals surface area contributed by atoms with E-state index in [4.69, 9.17) is 0 Å². The number of allylic oxidation sites excluding steroid dienone is 1. The van der Waals surface area contributed by atoms with Crippen LogP contribution in [0.2, 0.25) is 0 Å². The van der Waals surface area contributed by atoms with Gasteiger partial charge in [0.1, 0.15) is 5.00 Å². The molecule has 198 valence electrons. The number of nitrogens with zero attached hydrogens (tertiary/aromatic N) is 1. The molecule has 1 aliphatic rings. The summed E-state index contributed by atoms with van der Waals surface area (Å²) in [7, 11) is 0. The smallest absolute Gasteiger partial charge is 0.197 e. The lowest BCUT2D eigenvalue weighted by atomic mass is 10.0. The molecule has 41 heavy (non-hydrogen) atoms. The maximum atomic E-state index is 13.4. The topological polar surface area (TPSA) is 37.4 Å². The van der Waals surface area contributed by atoms with Gasteiger partial charge in [0, 0.05) is 27.1 Å². The molecule has 0 aliphatic heterocycles. The van der Waals surface area contributed by atoms with Crippen molar-refractivity contribution in [3.05, 3.63) is 141 Å². The van der Waals surface area contributed by atoms with E-state index in [1.807, 2.05) is 42.5 Å². The molecule has 0 bridgehead atoms. The Balaban J connectivity index is 1.35. The highest BCUT2D eigenvalue weighted by molar-refractivity contribution is 7.17. The van der Waals surface area contributed by atoms with Crippen molar-refractivity contribution in [1.29, 1.82) is 0 Å². The van der Waals surface area contributed by atoms with E-state index in [1.165, 1.54) is 27.5 Å². The minimum Gasteiger partial charge on any atom is -0.301 e. The number of anilines is 3. The first-order valence-corrected chi connectivity index (χ1v) is 14.5. The second-order valence-electron chi connectivity index (χ2n) is 10.8. The Morgan fingerprint density at radius 1 is 0.634 bits per heavy atom. The third-order valence-electron chi connectivity index (χ3n) is 7.81. The van der Waals surface area contributed by atoms with Gasteiger partial charge >= 0.3 is 0 Å². The van der Waals surface area contributed by atoms with Crippen molar-refractivity contribution in [1.82, 2.24) is 0 Å². The molecule has 0 N–H and O–H groups in total. The van der Waals surface area contributed by atoms with E-state index >= 15 is 0 Å². The van der Waals surface area contributed by atoms with Crippen molar-refractivity contribution in [2.45, 2.75) is 20.8 Å². The quantitative estimate of drug-likeness (QED) is 0.162. The Bertz CT molecular complexity index is 2000. The van der Waals surface area contributed by atoms with Crippen LogP contribution in [0.15, 0.2) is 109 Å². The van der Waals surface area contributed by atoms with E-state index in [1.54, 1.807) is 17.4 Å². The normalized spacial score (nSPS) is 12.8. The van der Waals surface area contributed by atoms with E-state index in [0.717, 1.165) is 32.0 Å². The zero-order valence-corrected chi connectivity index (χ0v) is 23.9. The van der Waals surface area contributed by atoms with Crippen LogP contribution in [0.4, 0.5) is 16.4 Å². The van der Waals surface area contributed by atoms with Crippen molar-refractivity contribution in [2.75, 3.05) is 4.90 Å². The first-order valence-electron chi connectivity index (χ1n) is 13.7. The molecule has 6 aromatic rings. The van der Waals surface area contributed by atoms with Gasteiger partial charge in [0.15, 0.2) is 11.6 Å². The predicted molar refractivity (Wildman–Crippen MR) is 171 cm³/mol. The van der Waals surface area contributed by atoms with Crippen molar-refractivity contribution >= 4 is 66.9 Å². The zero-order valence-electron chi connectivity index (χ0n) is 23.1. The van der Waals surface area contributed by atoms with Crippen LogP contribution >= 0.6 is 11.3 Å². The average molecular weight is 550 g/mol. The number of ketones is 2. The Labute approximate surface area is 243 Å². The molecule has 5 aromatic carbocycles. The Morgan fingerprint density at radius 2 is 1.24 bits per heavy atom. The SMILES string of the molecule is Cc1cc(C)cc(N(c2ccc(C=C3C(=O)c4cc5ccccc5cc4C3=O)s2)c2ccc(C)c3ccccc23)c1. The van der Waals surface area contributed by atoms with E-state index in [9.17, 15) is 9.59 Å². The molecule has 0 spiro atoms. The number of hydrogen-bond donors (Lipinski definition) is 0. The number of hydrogen-bond acceptors (Lipinski definition) is 4. The lowest BCUT2D eigenvalue weighted by Crippen LogP contribution is -2.09. The van der Waals surface area contributed by atoms with Crippen LogP contribution in [-0.4, -0.2) is 11.6 Å². The minimum atomic E-state index is -0.207. The van der Waals surface area contributed by atoms with Crippen LogP contribution in [0, 0.1) is 20.8 Å². The molecule has 0 saturated heterocycles. The molecular weight excluding hydrogens is 522 g/mol. The largest absolute Gasteiger partial charge is 0.301 e. The molecule has 1 aliphatic carbocycles. The fourth-order valence-electron chi connectivity index (χ4n) is 5.92. The fourth-order valence-corrected chi connectivity index (χ4v) is 6.90. The average Bonchev–Trinajstić information content (AvgIpc) is 3.51. The van der Waals surface area contributed by atoms with Crippen LogP contribution in [0.25, 0.3) is 27.6 Å². The summed E-state index contributed by atoms with van der Waals surface area (Å²) < 4.78 is 0. The molecule has 1 heterocycles. The van der Waals surface area contributed by atoms with E-state index in [2.05, 4.69) is 86.3 Å². The van der Waals surface area contributed by atoms with Gasteiger partial charge in [-0.1, -0.05) is 60.7 Å². The summed E-state index contributed by atoms with van der Waals surface area (Å²) in [5.74, 6) is -0.414. The van der Waals surface area contributed by atoms with Crippen molar-refractivity contribution in [2.24, 2.45) is 0 Å². The number of thiophene rings is 1. The number of fused-ring (bicyclic) bond motifs is 3. The van der Waals surface area contributed by atoms with Crippen molar-refractivity contribution in [3.63, 3.8) is 0 Å². The number of benzene rings is 5. The lowest BCUT2D eigenvalue weighted by Gasteiger charge is -2.26. The number of aryl methyl sites for hydroxylation is 3. The summed E-state index contributed by atoms with van der Waals surface area (Å²) >= 11 is 1.57.